The fourth-order valence-corrected chi connectivity index (χ4v) is 2.06. The van der Waals surface area contributed by atoms with Crippen molar-refractivity contribution in [2.45, 2.75) is 13.0 Å². The Kier molecular flexibility index (Phi) is 4.64. The smallest absolute Gasteiger partial charge is 0.227 e. The third-order valence-electron chi connectivity index (χ3n) is 3.16. The molecule has 4 heteroatoms. The number of para-hydroxylation sites is 1. The highest BCUT2D eigenvalue weighted by atomic mass is 35.5. The Labute approximate surface area is 124 Å². The van der Waals surface area contributed by atoms with Gasteiger partial charge in [-0.05, 0) is 29.3 Å². The molecule has 0 saturated heterocycles. The van der Waals surface area contributed by atoms with Gasteiger partial charge in [-0.15, -0.1) is 0 Å². The Morgan fingerprint density at radius 2 is 1.80 bits per heavy atom. The lowest BCUT2D eigenvalue weighted by Gasteiger charge is -2.18. The Hall–Kier alpha value is -2.00. The highest BCUT2D eigenvalue weighted by Crippen LogP contribution is 2.14. The summed E-state index contributed by atoms with van der Waals surface area (Å²) in [7, 11) is 1.78. The molecule has 0 aliphatic rings. The van der Waals surface area contributed by atoms with Gasteiger partial charge in [0.2, 0.25) is 5.91 Å². The van der Waals surface area contributed by atoms with Crippen LogP contribution < -0.4 is 5.73 Å². The minimum Gasteiger partial charge on any atom is -0.398 e. The largest absolute Gasteiger partial charge is 0.398 e. The van der Waals surface area contributed by atoms with Crippen LogP contribution in [0, 0.1) is 0 Å². The second-order valence-electron chi connectivity index (χ2n) is 4.75. The summed E-state index contributed by atoms with van der Waals surface area (Å²) in [5.74, 6) is 0.0515. The van der Waals surface area contributed by atoms with Gasteiger partial charge in [-0.25, -0.2) is 0 Å². The lowest BCUT2D eigenvalue weighted by molar-refractivity contribution is -0.129. The molecule has 0 heterocycles. The Balaban J connectivity index is 1.99. The zero-order valence-corrected chi connectivity index (χ0v) is 12.1. The Morgan fingerprint density at radius 1 is 1.15 bits per heavy atom. The first kappa shape index (κ1) is 14.4. The van der Waals surface area contributed by atoms with Crippen molar-refractivity contribution < 1.29 is 4.79 Å². The minimum atomic E-state index is 0.0515. The molecule has 0 bridgehead atoms. The van der Waals surface area contributed by atoms with Crippen molar-refractivity contribution in [1.82, 2.24) is 4.90 Å². The molecule has 2 rings (SSSR count). The van der Waals surface area contributed by atoms with Gasteiger partial charge in [0, 0.05) is 24.3 Å². The van der Waals surface area contributed by atoms with Crippen molar-refractivity contribution in [1.29, 1.82) is 0 Å². The molecule has 0 spiro atoms. The number of likely N-dealkylation sites (N-methyl/N-ethyl adjacent to an activating group) is 1. The van der Waals surface area contributed by atoms with Gasteiger partial charge in [0.25, 0.3) is 0 Å². The van der Waals surface area contributed by atoms with Crippen LogP contribution in [0.4, 0.5) is 5.69 Å². The van der Waals surface area contributed by atoms with E-state index in [0.29, 0.717) is 23.7 Å². The highest BCUT2D eigenvalue weighted by molar-refractivity contribution is 6.30. The van der Waals surface area contributed by atoms with Crippen molar-refractivity contribution in [3.8, 4) is 0 Å². The molecule has 0 aromatic heterocycles. The molecule has 20 heavy (non-hydrogen) atoms. The zero-order valence-electron chi connectivity index (χ0n) is 11.3. The third-order valence-corrected chi connectivity index (χ3v) is 3.41. The fourth-order valence-electron chi connectivity index (χ4n) is 1.93. The number of amides is 1. The quantitative estimate of drug-likeness (QED) is 0.879. The molecule has 0 saturated carbocycles. The second-order valence-corrected chi connectivity index (χ2v) is 5.19. The topological polar surface area (TPSA) is 46.3 Å². The summed E-state index contributed by atoms with van der Waals surface area (Å²) in [6, 6.07) is 14.9. The number of hydrogen-bond acceptors (Lipinski definition) is 2. The fraction of sp³-hybridized carbons (Fsp3) is 0.188. The van der Waals surface area contributed by atoms with Gasteiger partial charge in [-0.3, -0.25) is 4.79 Å². The second kappa shape index (κ2) is 6.44. The summed E-state index contributed by atoms with van der Waals surface area (Å²) in [6.07, 6.45) is 0.362. The normalized spacial score (nSPS) is 10.3. The van der Waals surface area contributed by atoms with Crippen LogP contribution in [-0.4, -0.2) is 17.9 Å². The molecule has 104 valence electrons. The number of carbonyl (C=O) groups is 1. The van der Waals surface area contributed by atoms with E-state index < -0.39 is 0 Å². The van der Waals surface area contributed by atoms with Gasteiger partial charge in [0.05, 0.1) is 6.42 Å². The lowest BCUT2D eigenvalue weighted by atomic mass is 10.1. The summed E-state index contributed by atoms with van der Waals surface area (Å²) in [5, 5.41) is 0.673. The van der Waals surface area contributed by atoms with Gasteiger partial charge in [-0.2, -0.15) is 0 Å². The first-order valence-electron chi connectivity index (χ1n) is 6.38. The molecular weight excluding hydrogens is 272 g/mol. The summed E-state index contributed by atoms with van der Waals surface area (Å²) in [4.78, 5) is 13.8. The molecule has 0 fully saturated rings. The summed E-state index contributed by atoms with van der Waals surface area (Å²) < 4.78 is 0. The molecule has 0 aliphatic carbocycles. The Bertz CT molecular complexity index is 596. The van der Waals surface area contributed by atoms with Crippen LogP contribution in [0.25, 0.3) is 0 Å². The van der Waals surface area contributed by atoms with E-state index in [-0.39, 0.29) is 5.91 Å². The van der Waals surface area contributed by atoms with E-state index >= 15 is 0 Å². The van der Waals surface area contributed by atoms with Gasteiger partial charge < -0.3 is 10.6 Å². The van der Waals surface area contributed by atoms with Crippen molar-refractivity contribution in [3.63, 3.8) is 0 Å². The number of nitrogens with two attached hydrogens (primary N) is 1. The minimum absolute atomic E-state index is 0.0515. The monoisotopic (exact) mass is 288 g/mol. The van der Waals surface area contributed by atoms with Crippen LogP contribution in [0.3, 0.4) is 0 Å². The number of anilines is 1. The van der Waals surface area contributed by atoms with Crippen LogP contribution in [0.5, 0.6) is 0 Å². The molecule has 0 unspecified atom stereocenters. The van der Waals surface area contributed by atoms with Gasteiger partial charge in [-0.1, -0.05) is 41.9 Å². The van der Waals surface area contributed by atoms with E-state index in [9.17, 15) is 4.79 Å². The number of carbonyl (C=O) groups excluding carboxylic acids is 1. The zero-order chi connectivity index (χ0) is 14.5. The SMILES string of the molecule is CN(Cc1ccccc1N)C(=O)Cc1ccc(Cl)cc1. The first-order valence-corrected chi connectivity index (χ1v) is 6.76. The number of nitrogen functional groups attached to an aromatic ring is 1. The molecule has 0 aliphatic heterocycles. The van der Waals surface area contributed by atoms with Crippen molar-refractivity contribution in [2.75, 3.05) is 12.8 Å². The molecule has 2 N–H and O–H groups in total. The Morgan fingerprint density at radius 3 is 2.45 bits per heavy atom. The predicted octanol–water partition coefficient (Wildman–Crippen LogP) is 3.12. The molecular formula is C16H17ClN2O. The van der Waals surface area contributed by atoms with E-state index in [1.807, 2.05) is 36.4 Å². The molecule has 3 nitrogen and oxygen atoms in total. The number of benzene rings is 2. The number of hydrogen-bond donors (Lipinski definition) is 1. The average Bonchev–Trinajstić information content (AvgIpc) is 2.44. The average molecular weight is 289 g/mol. The van der Waals surface area contributed by atoms with E-state index in [0.717, 1.165) is 11.1 Å². The highest BCUT2D eigenvalue weighted by Gasteiger charge is 2.11. The molecule has 2 aromatic rings. The summed E-state index contributed by atoms with van der Waals surface area (Å²) in [6.45, 7) is 0.513. The van der Waals surface area contributed by atoms with E-state index in [1.165, 1.54) is 0 Å². The number of nitrogens with zero attached hydrogens (tertiary/aromatic N) is 1. The predicted molar refractivity (Wildman–Crippen MR) is 82.5 cm³/mol. The van der Waals surface area contributed by atoms with Crippen LogP contribution in [-0.2, 0) is 17.8 Å². The van der Waals surface area contributed by atoms with Gasteiger partial charge in [0.15, 0.2) is 0 Å². The van der Waals surface area contributed by atoms with Crippen LogP contribution in [0.15, 0.2) is 48.5 Å². The molecule has 1 amide bonds. The third kappa shape index (κ3) is 3.75. The van der Waals surface area contributed by atoms with Crippen LogP contribution in [0.2, 0.25) is 5.02 Å². The van der Waals surface area contributed by atoms with Crippen molar-refractivity contribution >= 4 is 23.2 Å². The van der Waals surface area contributed by atoms with Crippen molar-refractivity contribution in [2.24, 2.45) is 0 Å². The number of halogens is 1. The summed E-state index contributed by atoms with van der Waals surface area (Å²) in [5.41, 5.74) is 8.50. The van der Waals surface area contributed by atoms with E-state index in [4.69, 9.17) is 17.3 Å². The standard InChI is InChI=1S/C16H17ClN2O/c1-19(11-13-4-2-3-5-15(13)18)16(20)10-12-6-8-14(17)9-7-12/h2-9H,10-11,18H2,1H3. The maximum absolute atomic E-state index is 12.2. The van der Waals surface area contributed by atoms with Crippen LogP contribution in [0.1, 0.15) is 11.1 Å². The van der Waals surface area contributed by atoms with E-state index in [1.54, 1.807) is 24.1 Å². The lowest BCUT2D eigenvalue weighted by Crippen LogP contribution is -2.28. The van der Waals surface area contributed by atoms with Gasteiger partial charge in [0.1, 0.15) is 0 Å². The molecule has 2 aromatic carbocycles. The van der Waals surface area contributed by atoms with Gasteiger partial charge >= 0.3 is 0 Å². The molecule has 0 atom stereocenters. The van der Waals surface area contributed by atoms with Crippen LogP contribution >= 0.6 is 11.6 Å². The molecule has 0 radical (unpaired) electrons. The first-order chi connectivity index (χ1) is 9.56. The number of rotatable bonds is 4. The summed E-state index contributed by atoms with van der Waals surface area (Å²) >= 11 is 5.83. The van der Waals surface area contributed by atoms with E-state index in [2.05, 4.69) is 0 Å². The maximum atomic E-state index is 12.2. The maximum Gasteiger partial charge on any atom is 0.227 e. The van der Waals surface area contributed by atoms with Crippen molar-refractivity contribution in [3.05, 3.63) is 64.7 Å².